The summed E-state index contributed by atoms with van der Waals surface area (Å²) in [7, 11) is 3.34. The number of hydrogen-bond acceptors (Lipinski definition) is 3. The molecule has 0 spiro atoms. The Hall–Kier alpha value is -1.65. The summed E-state index contributed by atoms with van der Waals surface area (Å²) in [6, 6.07) is 0. The van der Waals surface area contributed by atoms with Crippen molar-refractivity contribution in [3.05, 3.63) is 11.8 Å². The normalized spacial score (nSPS) is 9.50. The van der Waals surface area contributed by atoms with Crippen molar-refractivity contribution in [1.29, 1.82) is 0 Å². The lowest BCUT2D eigenvalue weighted by molar-refractivity contribution is 0.0828. The number of H-pyrrole nitrogens is 1. The van der Waals surface area contributed by atoms with Gasteiger partial charge in [-0.2, -0.15) is 5.10 Å². The molecule has 1 aromatic rings. The van der Waals surface area contributed by atoms with E-state index < -0.39 is 0 Å². The molecule has 1 amide bonds. The molecule has 0 unspecified atom stereocenters. The number of aromatic amines is 1. The van der Waals surface area contributed by atoms with Crippen LogP contribution in [0.25, 0.3) is 0 Å². The molecule has 0 bridgehead atoms. The molecule has 5 nitrogen and oxygen atoms in total. The number of aromatic nitrogens is 2. The summed E-state index contributed by atoms with van der Waals surface area (Å²) in [5.41, 5.74) is 0.440. The van der Waals surface area contributed by atoms with E-state index in [1.807, 2.05) is 0 Å². The number of aliphatic imine (C=N–C) groups is 1. The van der Waals surface area contributed by atoms with E-state index in [2.05, 4.69) is 21.9 Å². The van der Waals surface area contributed by atoms with Crippen molar-refractivity contribution in [2.45, 2.75) is 0 Å². The first-order valence-electron chi connectivity index (χ1n) is 3.38. The van der Waals surface area contributed by atoms with Crippen molar-refractivity contribution < 1.29 is 4.79 Å². The molecule has 0 saturated carbocycles. The zero-order valence-corrected chi connectivity index (χ0v) is 7.03. The smallest absolute Gasteiger partial charge is 0.258 e. The number of nitrogens with zero attached hydrogens (tertiary/aromatic N) is 3. The zero-order valence-electron chi connectivity index (χ0n) is 7.03. The summed E-state index contributed by atoms with van der Waals surface area (Å²) in [5, 5.41) is 6.25. The predicted molar refractivity (Wildman–Crippen MR) is 45.8 cm³/mol. The van der Waals surface area contributed by atoms with Gasteiger partial charge in [0.25, 0.3) is 5.91 Å². The van der Waals surface area contributed by atoms with Crippen LogP contribution in [0.15, 0.2) is 11.2 Å². The first kappa shape index (κ1) is 8.45. The maximum Gasteiger partial charge on any atom is 0.258 e. The number of carbonyl (C=O) groups excluding carboxylic acids is 1. The van der Waals surface area contributed by atoms with Crippen LogP contribution in [0.4, 0.5) is 5.82 Å². The highest BCUT2D eigenvalue weighted by molar-refractivity contribution is 5.97. The lowest BCUT2D eigenvalue weighted by Crippen LogP contribution is -2.21. The Labute approximate surface area is 70.1 Å². The Morgan fingerprint density at radius 3 is 2.92 bits per heavy atom. The number of rotatable bonds is 2. The quantitative estimate of drug-likeness (QED) is 0.648. The summed E-state index contributed by atoms with van der Waals surface area (Å²) < 4.78 is 0. The summed E-state index contributed by atoms with van der Waals surface area (Å²) >= 11 is 0. The molecule has 0 atom stereocenters. The van der Waals surface area contributed by atoms with Crippen LogP contribution in [0.5, 0.6) is 0 Å². The monoisotopic (exact) mass is 166 g/mol. The molecule has 1 N–H and O–H groups in total. The maximum absolute atomic E-state index is 11.4. The highest BCUT2D eigenvalue weighted by Crippen LogP contribution is 2.14. The van der Waals surface area contributed by atoms with Gasteiger partial charge in [0.2, 0.25) is 0 Å². The van der Waals surface area contributed by atoms with Crippen LogP contribution < -0.4 is 0 Å². The molecule has 5 heteroatoms. The highest BCUT2D eigenvalue weighted by Gasteiger charge is 2.13. The molecule has 0 saturated heterocycles. The van der Waals surface area contributed by atoms with Gasteiger partial charge < -0.3 is 4.90 Å². The van der Waals surface area contributed by atoms with Gasteiger partial charge in [-0.1, -0.05) is 0 Å². The van der Waals surface area contributed by atoms with Crippen molar-refractivity contribution >= 4 is 18.4 Å². The third-order valence-electron chi connectivity index (χ3n) is 1.41. The van der Waals surface area contributed by atoms with Crippen LogP contribution in [-0.4, -0.2) is 41.8 Å². The Balaban J connectivity index is 3.01. The SMILES string of the molecule is C=Nc1[nH]ncc1C(=O)N(C)C. The van der Waals surface area contributed by atoms with Crippen LogP contribution in [0, 0.1) is 0 Å². The molecule has 12 heavy (non-hydrogen) atoms. The van der Waals surface area contributed by atoms with Crippen molar-refractivity contribution in [2.75, 3.05) is 14.1 Å². The molecule has 0 aliphatic rings. The van der Waals surface area contributed by atoms with Crippen molar-refractivity contribution in [1.82, 2.24) is 15.1 Å². The van der Waals surface area contributed by atoms with Crippen LogP contribution in [0.3, 0.4) is 0 Å². The van der Waals surface area contributed by atoms with Crippen LogP contribution in [0.1, 0.15) is 10.4 Å². The van der Waals surface area contributed by atoms with Gasteiger partial charge in [0, 0.05) is 14.1 Å². The molecule has 1 rings (SSSR count). The van der Waals surface area contributed by atoms with Gasteiger partial charge in [0.05, 0.1) is 6.20 Å². The third kappa shape index (κ3) is 1.34. The zero-order chi connectivity index (χ0) is 9.14. The van der Waals surface area contributed by atoms with E-state index in [0.717, 1.165) is 0 Å². The summed E-state index contributed by atoms with van der Waals surface area (Å²) in [5.74, 6) is 0.278. The third-order valence-corrected chi connectivity index (χ3v) is 1.41. The fourth-order valence-electron chi connectivity index (χ4n) is 0.797. The van der Waals surface area contributed by atoms with E-state index in [9.17, 15) is 4.79 Å². The molecular formula is C7H10N4O. The molecule has 0 fully saturated rings. The van der Waals surface area contributed by atoms with E-state index >= 15 is 0 Å². The first-order valence-corrected chi connectivity index (χ1v) is 3.38. The lowest BCUT2D eigenvalue weighted by Gasteiger charge is -2.07. The van der Waals surface area contributed by atoms with E-state index in [-0.39, 0.29) is 5.91 Å². The van der Waals surface area contributed by atoms with Crippen molar-refractivity contribution in [3.8, 4) is 0 Å². The van der Waals surface area contributed by atoms with E-state index in [1.54, 1.807) is 14.1 Å². The van der Waals surface area contributed by atoms with E-state index in [0.29, 0.717) is 11.4 Å². The largest absolute Gasteiger partial charge is 0.345 e. The van der Waals surface area contributed by atoms with Gasteiger partial charge in [-0.3, -0.25) is 9.89 Å². The Morgan fingerprint density at radius 2 is 2.42 bits per heavy atom. The molecule has 0 aliphatic carbocycles. The van der Waals surface area contributed by atoms with Gasteiger partial charge in [-0.15, -0.1) is 0 Å². The Kier molecular flexibility index (Phi) is 2.23. The second-order valence-electron chi connectivity index (χ2n) is 2.49. The average molecular weight is 166 g/mol. The van der Waals surface area contributed by atoms with E-state index in [1.165, 1.54) is 11.1 Å². The van der Waals surface area contributed by atoms with Crippen LogP contribution in [0.2, 0.25) is 0 Å². The van der Waals surface area contributed by atoms with E-state index in [4.69, 9.17) is 0 Å². The van der Waals surface area contributed by atoms with Gasteiger partial charge >= 0.3 is 0 Å². The highest BCUT2D eigenvalue weighted by atomic mass is 16.2. The first-order chi connectivity index (χ1) is 5.66. The average Bonchev–Trinajstić information content (AvgIpc) is 2.49. The summed E-state index contributed by atoms with van der Waals surface area (Å²) in [4.78, 5) is 16.4. The summed E-state index contributed by atoms with van der Waals surface area (Å²) in [6.45, 7) is 3.31. The number of nitrogens with one attached hydrogen (secondary N) is 1. The van der Waals surface area contributed by atoms with Gasteiger partial charge in [0.1, 0.15) is 5.56 Å². The minimum Gasteiger partial charge on any atom is -0.345 e. The van der Waals surface area contributed by atoms with Crippen LogP contribution in [-0.2, 0) is 0 Å². The van der Waals surface area contributed by atoms with Crippen molar-refractivity contribution in [3.63, 3.8) is 0 Å². The predicted octanol–water partition coefficient (Wildman–Crippen LogP) is 0.444. The van der Waals surface area contributed by atoms with Gasteiger partial charge in [-0.05, 0) is 6.72 Å². The fraction of sp³-hybridized carbons (Fsp3) is 0.286. The molecule has 64 valence electrons. The topological polar surface area (TPSA) is 61.4 Å². The second kappa shape index (κ2) is 3.17. The maximum atomic E-state index is 11.4. The number of hydrogen-bond donors (Lipinski definition) is 1. The molecular weight excluding hydrogens is 156 g/mol. The second-order valence-corrected chi connectivity index (χ2v) is 2.49. The minimum absolute atomic E-state index is 0.133. The molecule has 1 heterocycles. The molecule has 0 radical (unpaired) electrons. The number of amides is 1. The fourth-order valence-corrected chi connectivity index (χ4v) is 0.797. The molecule has 0 aromatic carbocycles. The minimum atomic E-state index is -0.133. The van der Waals surface area contributed by atoms with Gasteiger partial charge in [-0.25, -0.2) is 4.99 Å². The van der Waals surface area contributed by atoms with Crippen molar-refractivity contribution in [2.24, 2.45) is 4.99 Å². The molecule has 1 aromatic heterocycles. The molecule has 0 aliphatic heterocycles. The Morgan fingerprint density at radius 1 is 1.75 bits per heavy atom. The lowest BCUT2D eigenvalue weighted by atomic mass is 10.3. The summed E-state index contributed by atoms with van der Waals surface area (Å²) in [6.07, 6.45) is 1.44. The Bertz CT molecular complexity index is 302. The van der Waals surface area contributed by atoms with Crippen LogP contribution >= 0.6 is 0 Å². The number of carbonyl (C=O) groups is 1. The standard InChI is InChI=1S/C7H10N4O/c1-8-6-5(4-9-10-6)7(12)11(2)3/h4H,1H2,2-3H3,(H,9,10). The van der Waals surface area contributed by atoms with Gasteiger partial charge in [0.15, 0.2) is 5.82 Å².